The summed E-state index contributed by atoms with van der Waals surface area (Å²) in [7, 11) is 3.11. The summed E-state index contributed by atoms with van der Waals surface area (Å²) in [4.78, 5) is 0. The van der Waals surface area contributed by atoms with E-state index < -0.39 is 17.7 Å². The zero-order chi connectivity index (χ0) is 12.7. The van der Waals surface area contributed by atoms with Gasteiger partial charge in [-0.25, -0.2) is 0 Å². The molecule has 5 nitrogen and oxygen atoms in total. The molecule has 1 fully saturated rings. The fourth-order valence-corrected chi connectivity index (χ4v) is 2.27. The summed E-state index contributed by atoms with van der Waals surface area (Å²) in [5.41, 5.74) is 0. The van der Waals surface area contributed by atoms with Gasteiger partial charge < -0.3 is 24.1 Å². The van der Waals surface area contributed by atoms with Crippen LogP contribution in [0.15, 0.2) is 12.2 Å². The van der Waals surface area contributed by atoms with Crippen molar-refractivity contribution in [3.05, 3.63) is 12.2 Å². The molecule has 0 aromatic carbocycles. The van der Waals surface area contributed by atoms with E-state index >= 15 is 0 Å². The summed E-state index contributed by atoms with van der Waals surface area (Å²) in [5, 5.41) is 9.58. The van der Waals surface area contributed by atoms with Crippen molar-refractivity contribution in [2.75, 3.05) is 14.2 Å². The molecule has 0 bridgehead atoms. The molecule has 1 saturated heterocycles. The topological polar surface area (TPSA) is 57.2 Å². The van der Waals surface area contributed by atoms with Crippen LogP contribution in [-0.4, -0.2) is 49.2 Å². The van der Waals surface area contributed by atoms with Gasteiger partial charge in [0.25, 0.3) is 0 Å². The highest BCUT2D eigenvalue weighted by Crippen LogP contribution is 2.41. The van der Waals surface area contributed by atoms with Gasteiger partial charge in [-0.05, 0) is 13.8 Å². The number of hydrogen-bond donors (Lipinski definition) is 1. The molecule has 5 heteroatoms. The van der Waals surface area contributed by atoms with Crippen LogP contribution in [0.25, 0.3) is 0 Å². The van der Waals surface area contributed by atoms with E-state index in [4.69, 9.17) is 18.9 Å². The molecule has 5 atom stereocenters. The fourth-order valence-electron chi connectivity index (χ4n) is 2.27. The van der Waals surface area contributed by atoms with Gasteiger partial charge in [-0.1, -0.05) is 12.2 Å². The average molecular weight is 244 g/mol. The first-order chi connectivity index (χ1) is 7.94. The van der Waals surface area contributed by atoms with Crippen molar-refractivity contribution in [1.82, 2.24) is 0 Å². The zero-order valence-corrected chi connectivity index (χ0v) is 10.7. The van der Waals surface area contributed by atoms with Gasteiger partial charge in [0, 0.05) is 20.6 Å². The molecule has 0 aromatic rings. The van der Waals surface area contributed by atoms with E-state index in [9.17, 15) is 5.11 Å². The Kier molecular flexibility index (Phi) is 3.31. The molecule has 0 radical (unpaired) electrons. The third kappa shape index (κ3) is 2.02. The summed E-state index contributed by atoms with van der Waals surface area (Å²) >= 11 is 0. The Labute approximate surface area is 101 Å². The Morgan fingerprint density at radius 1 is 1.12 bits per heavy atom. The summed E-state index contributed by atoms with van der Waals surface area (Å²) in [5.74, 6) is -1.97. The number of fused-ring (bicyclic) bond motifs is 1. The van der Waals surface area contributed by atoms with Crippen molar-refractivity contribution in [1.29, 1.82) is 0 Å². The lowest BCUT2D eigenvalue weighted by molar-refractivity contribution is -0.444. The molecule has 98 valence electrons. The molecule has 0 amide bonds. The highest BCUT2D eigenvalue weighted by Gasteiger charge is 2.56. The SMILES string of the molecule is CO[C@]1(C)O[C@H]2C=C[C@@H](O)C[C@@H]2O[C@@]1(C)OC. The molecule has 1 heterocycles. The molecule has 1 aliphatic heterocycles. The molecular formula is C12H20O5. The van der Waals surface area contributed by atoms with Crippen molar-refractivity contribution in [2.24, 2.45) is 0 Å². The first kappa shape index (κ1) is 13.0. The number of rotatable bonds is 2. The van der Waals surface area contributed by atoms with E-state index in [-0.39, 0.29) is 12.2 Å². The molecular weight excluding hydrogens is 224 g/mol. The van der Waals surface area contributed by atoms with Gasteiger partial charge in [0.15, 0.2) is 0 Å². The van der Waals surface area contributed by atoms with Crippen LogP contribution in [0.4, 0.5) is 0 Å². The van der Waals surface area contributed by atoms with Crippen molar-refractivity contribution >= 4 is 0 Å². The molecule has 1 N–H and O–H groups in total. The van der Waals surface area contributed by atoms with Gasteiger partial charge in [-0.2, -0.15) is 0 Å². The summed E-state index contributed by atoms with van der Waals surface area (Å²) in [6, 6.07) is 0. The quantitative estimate of drug-likeness (QED) is 0.729. The van der Waals surface area contributed by atoms with Crippen LogP contribution < -0.4 is 0 Å². The normalized spacial score (nSPS) is 50.1. The van der Waals surface area contributed by atoms with Gasteiger partial charge in [0.1, 0.15) is 6.10 Å². The first-order valence-electron chi connectivity index (χ1n) is 5.76. The van der Waals surface area contributed by atoms with E-state index in [2.05, 4.69) is 0 Å². The van der Waals surface area contributed by atoms with E-state index in [1.165, 1.54) is 0 Å². The highest BCUT2D eigenvalue weighted by atomic mass is 16.8. The first-order valence-corrected chi connectivity index (χ1v) is 5.76. The number of aliphatic hydroxyl groups excluding tert-OH is 1. The smallest absolute Gasteiger partial charge is 0.220 e. The lowest BCUT2D eigenvalue weighted by atomic mass is 9.95. The van der Waals surface area contributed by atoms with Gasteiger partial charge in [-0.3, -0.25) is 0 Å². The van der Waals surface area contributed by atoms with Crippen LogP contribution >= 0.6 is 0 Å². The molecule has 2 aliphatic rings. The Morgan fingerprint density at radius 2 is 1.71 bits per heavy atom. The van der Waals surface area contributed by atoms with Crippen LogP contribution in [0, 0.1) is 0 Å². The monoisotopic (exact) mass is 244 g/mol. The largest absolute Gasteiger partial charge is 0.389 e. The minimum absolute atomic E-state index is 0.216. The van der Waals surface area contributed by atoms with Gasteiger partial charge >= 0.3 is 0 Å². The van der Waals surface area contributed by atoms with Gasteiger partial charge in [-0.15, -0.1) is 0 Å². The minimum atomic E-state index is -0.992. The summed E-state index contributed by atoms with van der Waals surface area (Å²) < 4.78 is 22.6. The van der Waals surface area contributed by atoms with Crippen LogP contribution in [0.5, 0.6) is 0 Å². The van der Waals surface area contributed by atoms with Crippen LogP contribution in [0.3, 0.4) is 0 Å². The van der Waals surface area contributed by atoms with E-state index in [0.717, 1.165) is 0 Å². The maximum absolute atomic E-state index is 9.58. The standard InChI is InChI=1S/C12H20O5/c1-11(14-3)12(2,15-4)17-10-7-8(13)5-6-9(10)16-11/h5-6,8-10,13H,7H2,1-4H3/t8-,9+,10+,11-,12-/m1/s1. The Morgan fingerprint density at radius 3 is 2.29 bits per heavy atom. The highest BCUT2D eigenvalue weighted by molar-refractivity contribution is 5.08. The minimum Gasteiger partial charge on any atom is -0.389 e. The number of aliphatic hydroxyl groups is 1. The number of methoxy groups -OCH3 is 2. The average Bonchev–Trinajstić information content (AvgIpc) is 2.31. The van der Waals surface area contributed by atoms with Crippen LogP contribution in [0.1, 0.15) is 20.3 Å². The van der Waals surface area contributed by atoms with Gasteiger partial charge in [0.2, 0.25) is 11.6 Å². The molecule has 2 rings (SSSR count). The Balaban J connectivity index is 2.26. The maximum atomic E-state index is 9.58. The van der Waals surface area contributed by atoms with Gasteiger partial charge in [0.05, 0.1) is 12.2 Å². The molecule has 0 spiro atoms. The van der Waals surface area contributed by atoms with Crippen molar-refractivity contribution in [3.8, 4) is 0 Å². The second kappa shape index (κ2) is 4.33. The number of ether oxygens (including phenoxy) is 4. The zero-order valence-electron chi connectivity index (χ0n) is 10.7. The third-order valence-electron chi connectivity index (χ3n) is 3.70. The molecule has 1 aliphatic carbocycles. The summed E-state index contributed by atoms with van der Waals surface area (Å²) in [6.07, 6.45) is 3.10. The second-order valence-electron chi connectivity index (χ2n) is 4.73. The third-order valence-corrected chi connectivity index (χ3v) is 3.70. The lowest BCUT2D eigenvalue weighted by Gasteiger charge is -2.52. The van der Waals surface area contributed by atoms with Crippen molar-refractivity contribution in [3.63, 3.8) is 0 Å². The fraction of sp³-hybridized carbons (Fsp3) is 0.833. The number of hydrogen-bond acceptors (Lipinski definition) is 5. The Hall–Kier alpha value is -0.460. The lowest BCUT2D eigenvalue weighted by Crippen LogP contribution is -2.65. The van der Waals surface area contributed by atoms with E-state index in [1.54, 1.807) is 34.1 Å². The maximum Gasteiger partial charge on any atom is 0.220 e. The second-order valence-corrected chi connectivity index (χ2v) is 4.73. The van der Waals surface area contributed by atoms with Crippen LogP contribution in [0.2, 0.25) is 0 Å². The molecule has 17 heavy (non-hydrogen) atoms. The van der Waals surface area contributed by atoms with Crippen molar-refractivity contribution in [2.45, 2.75) is 50.2 Å². The molecule has 0 aromatic heterocycles. The van der Waals surface area contributed by atoms with Crippen molar-refractivity contribution < 1.29 is 24.1 Å². The predicted molar refractivity (Wildman–Crippen MR) is 60.3 cm³/mol. The molecule has 0 saturated carbocycles. The van der Waals surface area contributed by atoms with E-state index in [1.807, 2.05) is 6.08 Å². The summed E-state index contributed by atoms with van der Waals surface area (Å²) in [6.45, 7) is 3.56. The van der Waals surface area contributed by atoms with E-state index in [0.29, 0.717) is 6.42 Å². The Bertz CT molecular complexity index is 318. The van der Waals surface area contributed by atoms with Crippen LogP contribution in [-0.2, 0) is 18.9 Å². The predicted octanol–water partition coefficient (Wildman–Crippen LogP) is 0.816. The molecule has 0 unspecified atom stereocenters.